The molecule has 0 amide bonds. The average Bonchev–Trinajstić information content (AvgIpc) is 2.67. The summed E-state index contributed by atoms with van der Waals surface area (Å²) in [6.45, 7) is 13.3. The van der Waals surface area contributed by atoms with Crippen molar-refractivity contribution in [3.05, 3.63) is 58.7 Å². The van der Waals surface area contributed by atoms with Crippen molar-refractivity contribution < 1.29 is 0 Å². The number of aliphatic imine (C=N–C) groups is 1. The maximum Gasteiger partial charge on any atom is 0.0596 e. The molecular weight excluding hydrogens is 316 g/mol. The maximum atomic E-state index is 5.08. The van der Waals surface area contributed by atoms with E-state index in [4.69, 9.17) is 4.99 Å². The number of rotatable bonds is 8. The highest BCUT2D eigenvalue weighted by Gasteiger charge is 2.12. The van der Waals surface area contributed by atoms with Crippen LogP contribution in [0.3, 0.4) is 0 Å². The van der Waals surface area contributed by atoms with Crippen LogP contribution in [-0.4, -0.2) is 11.8 Å². The molecule has 1 aromatic rings. The molecule has 2 heteroatoms. The number of para-hydroxylation sites is 1. The molecule has 0 fully saturated rings. The van der Waals surface area contributed by atoms with E-state index in [0.717, 1.165) is 37.8 Å². The summed E-state index contributed by atoms with van der Waals surface area (Å²) >= 11 is 0. The summed E-state index contributed by atoms with van der Waals surface area (Å²) in [6, 6.07) is 6.83. The van der Waals surface area contributed by atoms with Crippen molar-refractivity contribution in [1.82, 2.24) is 0 Å². The quantitative estimate of drug-likeness (QED) is 0.410. The number of benzene rings is 1. The molecule has 1 atom stereocenters. The minimum absolute atomic E-state index is 0.207. The Morgan fingerprint density at radius 2 is 1.73 bits per heavy atom. The lowest BCUT2D eigenvalue weighted by Gasteiger charge is -2.29. The minimum atomic E-state index is 0.207. The van der Waals surface area contributed by atoms with Crippen LogP contribution in [-0.2, 0) is 12.8 Å². The first kappa shape index (κ1) is 20.4. The van der Waals surface area contributed by atoms with Crippen molar-refractivity contribution in [2.75, 3.05) is 5.32 Å². The molecular formula is C24H35N2-. The van der Waals surface area contributed by atoms with Gasteiger partial charge in [0.2, 0.25) is 0 Å². The number of anilines is 1. The normalized spacial score (nSPS) is 16.2. The number of nitrogens with zero attached hydrogens (tertiary/aromatic N) is 1. The third-order valence-corrected chi connectivity index (χ3v) is 5.37. The van der Waals surface area contributed by atoms with E-state index in [9.17, 15) is 0 Å². The molecule has 0 bridgehead atoms. The lowest BCUT2D eigenvalue weighted by molar-refractivity contribution is 0.936. The van der Waals surface area contributed by atoms with Crippen LogP contribution in [0.5, 0.6) is 0 Å². The first-order chi connectivity index (χ1) is 12.5. The molecule has 0 saturated carbocycles. The monoisotopic (exact) mass is 351 g/mol. The predicted molar refractivity (Wildman–Crippen MR) is 116 cm³/mol. The van der Waals surface area contributed by atoms with Gasteiger partial charge in [0, 0.05) is 11.4 Å². The Kier molecular flexibility index (Phi) is 7.56. The third kappa shape index (κ3) is 4.60. The van der Waals surface area contributed by atoms with Crippen molar-refractivity contribution in [3.63, 3.8) is 0 Å². The van der Waals surface area contributed by atoms with Gasteiger partial charge in [-0.05, 0) is 44.2 Å². The van der Waals surface area contributed by atoms with Crippen LogP contribution in [0, 0.1) is 6.42 Å². The third-order valence-electron chi connectivity index (χ3n) is 5.37. The van der Waals surface area contributed by atoms with Crippen LogP contribution in [0.4, 0.5) is 5.69 Å². The summed E-state index contributed by atoms with van der Waals surface area (Å²) in [7, 11) is 0. The molecule has 1 aliphatic carbocycles. The average molecular weight is 352 g/mol. The van der Waals surface area contributed by atoms with Crippen LogP contribution in [0.1, 0.15) is 71.9 Å². The van der Waals surface area contributed by atoms with Gasteiger partial charge in [-0.15, -0.1) is 11.6 Å². The Morgan fingerprint density at radius 3 is 2.27 bits per heavy atom. The Bertz CT molecular complexity index is 685. The van der Waals surface area contributed by atoms with E-state index >= 15 is 0 Å². The van der Waals surface area contributed by atoms with Crippen LogP contribution >= 0.6 is 0 Å². The minimum Gasteiger partial charge on any atom is -0.377 e. The lowest BCUT2D eigenvalue weighted by atomic mass is 9.92. The second-order valence-corrected chi connectivity index (χ2v) is 7.03. The van der Waals surface area contributed by atoms with Gasteiger partial charge in [0.25, 0.3) is 0 Å². The molecule has 1 N–H and O–H groups in total. The van der Waals surface area contributed by atoms with Gasteiger partial charge in [0.1, 0.15) is 0 Å². The predicted octanol–water partition coefficient (Wildman–Crippen LogP) is 6.68. The van der Waals surface area contributed by atoms with E-state index in [1.54, 1.807) is 0 Å². The van der Waals surface area contributed by atoms with Gasteiger partial charge in [-0.2, -0.15) is 5.57 Å². The number of hydrogen-bond acceptors (Lipinski definition) is 2. The molecule has 0 aliphatic heterocycles. The molecule has 0 aromatic heterocycles. The van der Waals surface area contributed by atoms with E-state index in [1.807, 2.05) is 0 Å². The standard InChI is InChI=1S/C24H35N2/c1-7-19-13-11-14-20(8-2)23(19)25-17(5)18(6)26-24-21(9-3)15-12-16-22(24)10-4/h11,13-17,25H,7-10,12H2,1-6H3/q-1. The summed E-state index contributed by atoms with van der Waals surface area (Å²) in [6.07, 6.45) is 9.87. The van der Waals surface area contributed by atoms with Crippen LogP contribution < -0.4 is 5.32 Å². The Morgan fingerprint density at radius 1 is 1.08 bits per heavy atom. The fraction of sp³-hybridized carbons (Fsp3) is 0.500. The van der Waals surface area contributed by atoms with Gasteiger partial charge in [0.05, 0.1) is 6.04 Å². The Labute approximate surface area is 160 Å². The van der Waals surface area contributed by atoms with Crippen molar-refractivity contribution in [2.45, 2.75) is 79.7 Å². The largest absolute Gasteiger partial charge is 0.377 e. The van der Waals surface area contributed by atoms with Gasteiger partial charge in [0.15, 0.2) is 0 Å². The molecule has 1 aromatic carbocycles. The van der Waals surface area contributed by atoms with E-state index in [1.165, 1.54) is 33.7 Å². The second-order valence-electron chi connectivity index (χ2n) is 7.03. The smallest absolute Gasteiger partial charge is 0.0596 e. The first-order valence-corrected chi connectivity index (χ1v) is 10.2. The van der Waals surface area contributed by atoms with Crippen molar-refractivity contribution in [1.29, 1.82) is 0 Å². The second kappa shape index (κ2) is 9.66. The molecule has 1 unspecified atom stereocenters. The van der Waals surface area contributed by atoms with Crippen molar-refractivity contribution in [3.8, 4) is 0 Å². The topological polar surface area (TPSA) is 24.4 Å². The molecule has 0 heterocycles. The molecule has 0 saturated heterocycles. The fourth-order valence-electron chi connectivity index (χ4n) is 3.53. The highest BCUT2D eigenvalue weighted by atomic mass is 14.9. The van der Waals surface area contributed by atoms with Gasteiger partial charge >= 0.3 is 0 Å². The highest BCUT2D eigenvalue weighted by Crippen LogP contribution is 2.30. The van der Waals surface area contributed by atoms with E-state index in [-0.39, 0.29) is 6.04 Å². The summed E-state index contributed by atoms with van der Waals surface area (Å²) in [5.74, 6) is 0. The molecule has 142 valence electrons. The summed E-state index contributed by atoms with van der Waals surface area (Å²) in [5, 5.41) is 3.75. The molecule has 1 aliphatic rings. The molecule has 2 nitrogen and oxygen atoms in total. The Balaban J connectivity index is 2.30. The Hall–Kier alpha value is -1.96. The van der Waals surface area contributed by atoms with Gasteiger partial charge < -0.3 is 10.3 Å². The highest BCUT2D eigenvalue weighted by molar-refractivity contribution is 5.91. The van der Waals surface area contributed by atoms with Gasteiger partial charge in [-0.1, -0.05) is 64.4 Å². The van der Waals surface area contributed by atoms with Crippen LogP contribution in [0.2, 0.25) is 0 Å². The van der Waals surface area contributed by atoms with Crippen LogP contribution in [0.25, 0.3) is 0 Å². The molecule has 2 rings (SSSR count). The summed E-state index contributed by atoms with van der Waals surface area (Å²) in [4.78, 5) is 5.08. The van der Waals surface area contributed by atoms with E-state index < -0.39 is 0 Å². The zero-order valence-corrected chi connectivity index (χ0v) is 17.4. The van der Waals surface area contributed by atoms with E-state index in [2.05, 4.69) is 77.6 Å². The van der Waals surface area contributed by atoms with Crippen LogP contribution in [0.15, 0.2) is 46.1 Å². The first-order valence-electron chi connectivity index (χ1n) is 10.2. The molecule has 0 spiro atoms. The zero-order chi connectivity index (χ0) is 19.1. The molecule has 26 heavy (non-hydrogen) atoms. The van der Waals surface area contributed by atoms with Gasteiger partial charge in [-0.3, -0.25) is 0 Å². The van der Waals surface area contributed by atoms with Crippen molar-refractivity contribution in [2.24, 2.45) is 4.99 Å². The SMILES string of the molecule is CCC1=CC[CH-]C(CC)=C1N=C(C)C(C)Nc1c(CC)cccc1CC. The fourth-order valence-corrected chi connectivity index (χ4v) is 3.53. The van der Waals surface area contributed by atoms with Gasteiger partial charge in [-0.25, -0.2) is 6.42 Å². The zero-order valence-electron chi connectivity index (χ0n) is 17.4. The van der Waals surface area contributed by atoms with Crippen molar-refractivity contribution >= 4 is 11.4 Å². The summed E-state index contributed by atoms with van der Waals surface area (Å²) < 4.78 is 0. The lowest BCUT2D eigenvalue weighted by Crippen LogP contribution is -2.25. The van der Waals surface area contributed by atoms with E-state index in [0.29, 0.717) is 0 Å². The number of nitrogens with one attached hydrogen (secondary N) is 1. The number of allylic oxidation sites excluding steroid dienone is 3. The number of aryl methyl sites for hydroxylation is 2. The maximum absolute atomic E-state index is 5.08. The number of hydrogen-bond donors (Lipinski definition) is 1. The molecule has 0 radical (unpaired) electrons. The summed E-state index contributed by atoms with van der Waals surface area (Å²) in [5.41, 5.74) is 9.19.